The Bertz CT molecular complexity index is 675. The Hall–Kier alpha value is -2.96. The molecule has 0 aliphatic heterocycles. The van der Waals surface area contributed by atoms with Crippen LogP contribution in [0.5, 0.6) is 0 Å². The molecule has 2 rings (SSSR count). The number of rotatable bonds is 4. The normalized spacial score (nSPS) is 13.3. The van der Waals surface area contributed by atoms with Gasteiger partial charge >= 0.3 is 0 Å². The molecule has 0 saturated carbocycles. The van der Waals surface area contributed by atoms with Crippen molar-refractivity contribution in [2.75, 3.05) is 0 Å². The van der Waals surface area contributed by atoms with E-state index < -0.39 is 0 Å². The van der Waals surface area contributed by atoms with Crippen LogP contribution in [-0.2, 0) is 0 Å². The molecule has 0 unspecified atom stereocenters. The molecule has 0 bridgehead atoms. The van der Waals surface area contributed by atoms with Gasteiger partial charge in [0, 0.05) is 24.8 Å². The van der Waals surface area contributed by atoms with E-state index >= 15 is 0 Å². The van der Waals surface area contributed by atoms with Gasteiger partial charge in [-0.05, 0) is 19.4 Å². The van der Waals surface area contributed by atoms with Gasteiger partial charge in [-0.2, -0.15) is 0 Å². The molecule has 0 aliphatic carbocycles. The van der Waals surface area contributed by atoms with Crippen molar-refractivity contribution in [1.82, 2.24) is 19.9 Å². The lowest BCUT2D eigenvalue weighted by atomic mass is 10.1. The van der Waals surface area contributed by atoms with Crippen molar-refractivity contribution in [2.24, 2.45) is 15.9 Å². The van der Waals surface area contributed by atoms with Gasteiger partial charge in [0.05, 0.1) is 12.4 Å². The van der Waals surface area contributed by atoms with Crippen molar-refractivity contribution in [3.8, 4) is 0 Å². The highest BCUT2D eigenvalue weighted by molar-refractivity contribution is 6.11. The SMILES string of the molecule is CC=C(C)/C(=N/N=C(N)c1cnccn1)c1cnccn1. The monoisotopic (exact) mass is 281 g/mol. The topological polar surface area (TPSA) is 102 Å². The Balaban J connectivity index is 2.38. The summed E-state index contributed by atoms with van der Waals surface area (Å²) in [5.41, 5.74) is 8.48. The molecule has 0 atom stereocenters. The van der Waals surface area contributed by atoms with Crippen LogP contribution in [0.2, 0.25) is 0 Å². The van der Waals surface area contributed by atoms with Gasteiger partial charge < -0.3 is 5.73 Å². The van der Waals surface area contributed by atoms with Crippen molar-refractivity contribution in [1.29, 1.82) is 0 Å². The molecule has 2 heterocycles. The predicted molar refractivity (Wildman–Crippen MR) is 80.8 cm³/mol. The fourth-order valence-electron chi connectivity index (χ4n) is 1.48. The lowest BCUT2D eigenvalue weighted by Crippen LogP contribution is -2.15. The molecule has 0 fully saturated rings. The molecule has 2 aromatic rings. The molecular formula is C14H15N7. The van der Waals surface area contributed by atoms with Crippen molar-refractivity contribution in [2.45, 2.75) is 13.8 Å². The zero-order chi connectivity index (χ0) is 15.1. The maximum atomic E-state index is 5.85. The van der Waals surface area contributed by atoms with E-state index in [1.54, 1.807) is 31.0 Å². The van der Waals surface area contributed by atoms with Crippen molar-refractivity contribution < 1.29 is 0 Å². The van der Waals surface area contributed by atoms with Gasteiger partial charge in [0.1, 0.15) is 17.1 Å². The number of aromatic nitrogens is 4. The third kappa shape index (κ3) is 3.75. The van der Waals surface area contributed by atoms with Crippen LogP contribution in [0.4, 0.5) is 0 Å². The van der Waals surface area contributed by atoms with Crippen molar-refractivity contribution in [3.05, 3.63) is 60.2 Å². The highest BCUT2D eigenvalue weighted by Crippen LogP contribution is 2.06. The third-order valence-corrected chi connectivity index (χ3v) is 2.70. The van der Waals surface area contributed by atoms with Gasteiger partial charge in [-0.15, -0.1) is 10.2 Å². The minimum absolute atomic E-state index is 0.188. The first-order valence-corrected chi connectivity index (χ1v) is 6.29. The quantitative estimate of drug-likeness (QED) is 0.517. The van der Waals surface area contributed by atoms with Crippen molar-refractivity contribution >= 4 is 11.5 Å². The van der Waals surface area contributed by atoms with Crippen LogP contribution in [0.3, 0.4) is 0 Å². The maximum absolute atomic E-state index is 5.85. The third-order valence-electron chi connectivity index (χ3n) is 2.70. The summed E-state index contributed by atoms with van der Waals surface area (Å²) in [5, 5.41) is 8.19. The standard InChI is InChI=1S/C14H15N7/c1-3-10(2)13(11-8-16-4-6-18-11)20-21-14(15)12-9-17-5-7-19-12/h3-9H,1-2H3,(H2,15,21)/b10-3?,20-13-. The Kier molecular flexibility index (Phi) is 4.81. The average Bonchev–Trinajstić information content (AvgIpc) is 2.56. The summed E-state index contributed by atoms with van der Waals surface area (Å²) in [7, 11) is 0. The summed E-state index contributed by atoms with van der Waals surface area (Å²) in [6.45, 7) is 3.83. The Morgan fingerprint density at radius 2 is 1.62 bits per heavy atom. The second-order valence-corrected chi connectivity index (χ2v) is 4.09. The lowest BCUT2D eigenvalue weighted by molar-refractivity contribution is 1.13. The van der Waals surface area contributed by atoms with E-state index in [1.165, 1.54) is 6.20 Å². The highest BCUT2D eigenvalue weighted by Gasteiger charge is 2.07. The van der Waals surface area contributed by atoms with E-state index in [2.05, 4.69) is 30.1 Å². The van der Waals surface area contributed by atoms with Gasteiger partial charge in [0.25, 0.3) is 0 Å². The first kappa shape index (κ1) is 14.4. The van der Waals surface area contributed by atoms with E-state index in [0.717, 1.165) is 5.57 Å². The number of hydrogen-bond donors (Lipinski definition) is 1. The second kappa shape index (κ2) is 6.99. The van der Waals surface area contributed by atoms with Crippen LogP contribution >= 0.6 is 0 Å². The zero-order valence-corrected chi connectivity index (χ0v) is 11.8. The largest absolute Gasteiger partial charge is 0.380 e. The van der Waals surface area contributed by atoms with Gasteiger partial charge in [0.2, 0.25) is 0 Å². The summed E-state index contributed by atoms with van der Waals surface area (Å²) in [6.07, 6.45) is 11.4. The number of nitrogens with two attached hydrogens (primary N) is 1. The minimum Gasteiger partial charge on any atom is -0.380 e. The van der Waals surface area contributed by atoms with Gasteiger partial charge in [-0.1, -0.05) is 6.08 Å². The zero-order valence-electron chi connectivity index (χ0n) is 11.8. The Labute approximate surface area is 122 Å². The molecule has 0 spiro atoms. The van der Waals surface area contributed by atoms with Crippen molar-refractivity contribution in [3.63, 3.8) is 0 Å². The number of allylic oxidation sites excluding steroid dienone is 2. The fraction of sp³-hybridized carbons (Fsp3) is 0.143. The van der Waals surface area contributed by atoms with E-state index in [0.29, 0.717) is 17.1 Å². The smallest absolute Gasteiger partial charge is 0.173 e. The molecule has 0 aliphatic rings. The lowest BCUT2D eigenvalue weighted by Gasteiger charge is -2.03. The Morgan fingerprint density at radius 1 is 1.00 bits per heavy atom. The van der Waals surface area contributed by atoms with E-state index in [-0.39, 0.29) is 5.84 Å². The predicted octanol–water partition coefficient (Wildman–Crippen LogP) is 1.34. The van der Waals surface area contributed by atoms with Gasteiger partial charge in [-0.3, -0.25) is 15.0 Å². The van der Waals surface area contributed by atoms with E-state index in [9.17, 15) is 0 Å². The van der Waals surface area contributed by atoms with Gasteiger partial charge in [-0.25, -0.2) is 4.98 Å². The summed E-state index contributed by atoms with van der Waals surface area (Å²) in [4.78, 5) is 16.3. The molecule has 2 aromatic heterocycles. The highest BCUT2D eigenvalue weighted by atomic mass is 15.2. The van der Waals surface area contributed by atoms with E-state index in [1.807, 2.05) is 19.9 Å². The molecule has 106 valence electrons. The molecule has 2 N–H and O–H groups in total. The first-order chi connectivity index (χ1) is 10.2. The summed E-state index contributed by atoms with van der Waals surface area (Å²) < 4.78 is 0. The molecule has 0 saturated heterocycles. The van der Waals surface area contributed by atoms with Gasteiger partial charge in [0.15, 0.2) is 5.84 Å². The number of nitrogens with zero attached hydrogens (tertiary/aromatic N) is 6. The van der Waals surface area contributed by atoms with Crippen LogP contribution in [0, 0.1) is 0 Å². The summed E-state index contributed by atoms with van der Waals surface area (Å²) in [5.74, 6) is 0.188. The molecule has 21 heavy (non-hydrogen) atoms. The molecule has 0 radical (unpaired) electrons. The van der Waals surface area contributed by atoms with Crippen LogP contribution < -0.4 is 5.73 Å². The van der Waals surface area contributed by atoms with Crippen LogP contribution in [0.25, 0.3) is 0 Å². The van der Waals surface area contributed by atoms with Crippen LogP contribution in [0.15, 0.2) is 59.0 Å². The minimum atomic E-state index is 0.188. The first-order valence-electron chi connectivity index (χ1n) is 6.29. The van der Waals surface area contributed by atoms with Crippen LogP contribution in [-0.4, -0.2) is 31.5 Å². The summed E-state index contributed by atoms with van der Waals surface area (Å²) >= 11 is 0. The summed E-state index contributed by atoms with van der Waals surface area (Å²) in [6, 6.07) is 0. The molecule has 0 aromatic carbocycles. The van der Waals surface area contributed by atoms with E-state index in [4.69, 9.17) is 5.73 Å². The number of amidine groups is 1. The average molecular weight is 281 g/mol. The molecule has 0 amide bonds. The second-order valence-electron chi connectivity index (χ2n) is 4.09. The fourth-order valence-corrected chi connectivity index (χ4v) is 1.48. The maximum Gasteiger partial charge on any atom is 0.173 e. The molecular weight excluding hydrogens is 266 g/mol. The molecule has 7 nitrogen and oxygen atoms in total. The Morgan fingerprint density at radius 3 is 2.14 bits per heavy atom. The number of hydrogen-bond acceptors (Lipinski definition) is 6. The molecule has 7 heteroatoms. The van der Waals surface area contributed by atoms with Crippen LogP contribution in [0.1, 0.15) is 25.2 Å².